The van der Waals surface area contributed by atoms with E-state index in [1.807, 2.05) is 0 Å². The van der Waals surface area contributed by atoms with E-state index in [4.69, 9.17) is 26.2 Å². The van der Waals surface area contributed by atoms with Gasteiger partial charge in [0.2, 0.25) is 5.91 Å². The quantitative estimate of drug-likeness (QED) is 0.702. The minimum atomic E-state index is -1.29. The Balaban J connectivity index is 2.29. The molecule has 2 aromatic carbocycles. The van der Waals surface area contributed by atoms with Crippen molar-refractivity contribution in [3.8, 4) is 11.5 Å². The third-order valence-corrected chi connectivity index (χ3v) is 3.68. The number of aliphatic carboxylic acids is 1. The molecule has 27 heavy (non-hydrogen) atoms. The molecule has 2 rings (SSSR count). The molecule has 1 amide bonds. The van der Waals surface area contributed by atoms with E-state index in [0.717, 1.165) is 5.56 Å². The van der Waals surface area contributed by atoms with Crippen LogP contribution in [0, 0.1) is 5.82 Å². The number of hydrogen-bond donors (Lipinski definition) is 2. The number of carboxylic acids is 1. The number of carbonyl (C=O) groups excluding carboxylic acids is 1. The number of rotatable bonds is 7. The molecule has 0 saturated carbocycles. The minimum Gasteiger partial charge on any atom is -0.493 e. The molecule has 0 fully saturated rings. The van der Waals surface area contributed by atoms with Crippen molar-refractivity contribution < 1.29 is 28.6 Å². The Labute approximate surface area is 160 Å². The number of ether oxygens (including phenoxy) is 2. The molecule has 8 heteroatoms. The average Bonchev–Trinajstić information content (AvgIpc) is 2.60. The molecule has 6 nitrogen and oxygen atoms in total. The van der Waals surface area contributed by atoms with Crippen LogP contribution in [0.2, 0.25) is 5.02 Å². The van der Waals surface area contributed by atoms with Gasteiger partial charge in [0.05, 0.1) is 12.1 Å². The maximum absolute atomic E-state index is 13.0. The summed E-state index contributed by atoms with van der Waals surface area (Å²) in [7, 11) is 1.41. The number of nitrogens with one attached hydrogen (secondary N) is 1. The highest BCUT2D eigenvalue weighted by Gasteiger charge is 2.14. The zero-order valence-electron chi connectivity index (χ0n) is 14.6. The molecule has 0 heterocycles. The third-order valence-electron chi connectivity index (χ3n) is 3.40. The summed E-state index contributed by atoms with van der Waals surface area (Å²) in [5.41, 5.74) is 0.829. The normalized spacial score (nSPS) is 11.0. The summed E-state index contributed by atoms with van der Waals surface area (Å²) in [6, 6.07) is 8.81. The van der Waals surface area contributed by atoms with Crippen LogP contribution in [0.1, 0.15) is 18.1 Å². The fraction of sp³-hybridized carbons (Fsp3) is 0.158. The predicted molar refractivity (Wildman–Crippen MR) is 98.2 cm³/mol. The Morgan fingerprint density at radius 1 is 1.26 bits per heavy atom. The van der Waals surface area contributed by atoms with Gasteiger partial charge in [0.25, 0.3) is 0 Å². The van der Waals surface area contributed by atoms with E-state index in [0.29, 0.717) is 5.56 Å². The molecule has 2 N–H and O–H groups in total. The van der Waals surface area contributed by atoms with Crippen LogP contribution in [0.4, 0.5) is 4.39 Å². The van der Waals surface area contributed by atoms with Crippen molar-refractivity contribution in [1.82, 2.24) is 5.32 Å². The molecular weight excluding hydrogens is 377 g/mol. The Kier molecular flexibility index (Phi) is 6.79. The monoisotopic (exact) mass is 393 g/mol. The van der Waals surface area contributed by atoms with Crippen LogP contribution in [0.5, 0.6) is 11.5 Å². The van der Waals surface area contributed by atoms with Crippen LogP contribution in [0.3, 0.4) is 0 Å². The first-order chi connectivity index (χ1) is 12.8. The highest BCUT2D eigenvalue weighted by atomic mass is 35.5. The second-order valence-electron chi connectivity index (χ2n) is 5.49. The van der Waals surface area contributed by atoms with Crippen molar-refractivity contribution in [3.05, 3.63) is 64.1 Å². The van der Waals surface area contributed by atoms with Gasteiger partial charge in [0, 0.05) is 6.92 Å². The SMILES string of the molecule is COc1cc(/C=C(/NC(C)=O)C(=O)O)cc(Cl)c1OCc1ccc(F)cc1. The van der Waals surface area contributed by atoms with E-state index in [9.17, 15) is 14.0 Å². The Morgan fingerprint density at radius 2 is 1.93 bits per heavy atom. The van der Waals surface area contributed by atoms with Gasteiger partial charge in [-0.25, -0.2) is 9.18 Å². The predicted octanol–water partition coefficient (Wildman–Crippen LogP) is 3.63. The van der Waals surface area contributed by atoms with Gasteiger partial charge in [-0.3, -0.25) is 4.79 Å². The molecule has 0 aliphatic carbocycles. The molecule has 0 aliphatic heterocycles. The molecule has 0 bridgehead atoms. The molecule has 0 aromatic heterocycles. The van der Waals surface area contributed by atoms with E-state index in [-0.39, 0.29) is 34.6 Å². The first-order valence-corrected chi connectivity index (χ1v) is 8.15. The summed E-state index contributed by atoms with van der Waals surface area (Å²) in [4.78, 5) is 22.4. The number of hydrogen-bond acceptors (Lipinski definition) is 4. The fourth-order valence-electron chi connectivity index (χ4n) is 2.21. The van der Waals surface area contributed by atoms with Gasteiger partial charge in [0.15, 0.2) is 11.5 Å². The van der Waals surface area contributed by atoms with Gasteiger partial charge in [0.1, 0.15) is 18.1 Å². The topological polar surface area (TPSA) is 84.9 Å². The maximum atomic E-state index is 13.0. The van der Waals surface area contributed by atoms with Gasteiger partial charge in [-0.05, 0) is 41.5 Å². The Bertz CT molecular complexity index is 880. The molecule has 2 aromatic rings. The molecule has 0 radical (unpaired) electrons. The van der Waals surface area contributed by atoms with Gasteiger partial charge in [-0.15, -0.1) is 0 Å². The summed E-state index contributed by atoms with van der Waals surface area (Å²) in [6.07, 6.45) is 1.25. The smallest absolute Gasteiger partial charge is 0.352 e. The zero-order chi connectivity index (χ0) is 20.0. The highest BCUT2D eigenvalue weighted by molar-refractivity contribution is 6.32. The minimum absolute atomic E-state index is 0.137. The molecule has 0 spiro atoms. The first-order valence-electron chi connectivity index (χ1n) is 7.77. The molecule has 0 atom stereocenters. The summed E-state index contributed by atoms with van der Waals surface area (Å²) in [6.45, 7) is 1.34. The largest absolute Gasteiger partial charge is 0.493 e. The zero-order valence-corrected chi connectivity index (χ0v) is 15.3. The summed E-state index contributed by atoms with van der Waals surface area (Å²) < 4.78 is 23.9. The number of benzene rings is 2. The van der Waals surface area contributed by atoms with Crippen LogP contribution in [-0.4, -0.2) is 24.1 Å². The van der Waals surface area contributed by atoms with E-state index in [1.54, 1.807) is 12.1 Å². The van der Waals surface area contributed by atoms with Crippen LogP contribution in [0.15, 0.2) is 42.1 Å². The van der Waals surface area contributed by atoms with Gasteiger partial charge >= 0.3 is 5.97 Å². The summed E-state index contributed by atoms with van der Waals surface area (Å²) in [5, 5.41) is 11.6. The van der Waals surface area contributed by atoms with Gasteiger partial charge < -0.3 is 19.9 Å². The molecule has 0 aliphatic rings. The van der Waals surface area contributed by atoms with Crippen molar-refractivity contribution in [2.75, 3.05) is 7.11 Å². The Morgan fingerprint density at radius 3 is 2.48 bits per heavy atom. The van der Waals surface area contributed by atoms with Crippen molar-refractivity contribution >= 4 is 29.6 Å². The maximum Gasteiger partial charge on any atom is 0.352 e. The summed E-state index contributed by atoms with van der Waals surface area (Å²) >= 11 is 6.24. The number of halogens is 2. The van der Waals surface area contributed by atoms with E-state index >= 15 is 0 Å². The number of carbonyl (C=O) groups is 2. The molecule has 142 valence electrons. The van der Waals surface area contributed by atoms with Crippen molar-refractivity contribution in [1.29, 1.82) is 0 Å². The second-order valence-corrected chi connectivity index (χ2v) is 5.90. The van der Waals surface area contributed by atoms with Gasteiger partial charge in [-0.1, -0.05) is 23.7 Å². The van der Waals surface area contributed by atoms with E-state index in [2.05, 4.69) is 5.32 Å². The van der Waals surface area contributed by atoms with Crippen molar-refractivity contribution in [3.63, 3.8) is 0 Å². The van der Waals surface area contributed by atoms with Crippen molar-refractivity contribution in [2.45, 2.75) is 13.5 Å². The van der Waals surface area contributed by atoms with E-state index < -0.39 is 11.9 Å². The Hall–Kier alpha value is -3.06. The van der Waals surface area contributed by atoms with Crippen LogP contribution in [0.25, 0.3) is 6.08 Å². The van der Waals surface area contributed by atoms with Crippen LogP contribution in [-0.2, 0) is 16.2 Å². The lowest BCUT2D eigenvalue weighted by molar-refractivity contribution is -0.134. The fourth-order valence-corrected chi connectivity index (χ4v) is 2.48. The third kappa shape index (κ3) is 5.72. The second kappa shape index (κ2) is 9.05. The molecule has 0 unspecified atom stereocenters. The van der Waals surface area contributed by atoms with Crippen LogP contribution < -0.4 is 14.8 Å². The molecular formula is C19H17ClFNO5. The lowest BCUT2D eigenvalue weighted by Gasteiger charge is -2.14. The highest BCUT2D eigenvalue weighted by Crippen LogP contribution is 2.37. The average molecular weight is 394 g/mol. The number of carboxylic acid groups (broad SMARTS) is 1. The lowest BCUT2D eigenvalue weighted by atomic mass is 10.1. The number of methoxy groups -OCH3 is 1. The number of amides is 1. The van der Waals surface area contributed by atoms with Crippen molar-refractivity contribution in [2.24, 2.45) is 0 Å². The van der Waals surface area contributed by atoms with Gasteiger partial charge in [-0.2, -0.15) is 0 Å². The van der Waals surface area contributed by atoms with E-state index in [1.165, 1.54) is 44.4 Å². The standard InChI is InChI=1S/C19H17ClFNO5/c1-11(23)22-16(19(24)25)8-13-7-15(20)18(17(9-13)26-2)27-10-12-3-5-14(21)6-4-12/h3-9H,10H2,1-2H3,(H,22,23)(H,24,25)/b16-8+. The first kappa shape index (κ1) is 20.3. The van der Waals surface area contributed by atoms with Crippen LogP contribution >= 0.6 is 11.6 Å². The molecule has 0 saturated heterocycles. The lowest BCUT2D eigenvalue weighted by Crippen LogP contribution is -2.24. The summed E-state index contributed by atoms with van der Waals surface area (Å²) in [5.74, 6) is -1.61.